The molecule has 1 saturated heterocycles. The molecule has 0 aliphatic carbocycles. The molecule has 1 aliphatic rings. The first-order valence-corrected chi connectivity index (χ1v) is 14.4. The van der Waals surface area contributed by atoms with E-state index < -0.39 is 0 Å². The monoisotopic (exact) mass is 567 g/mol. The zero-order valence-corrected chi connectivity index (χ0v) is 23.8. The van der Waals surface area contributed by atoms with Crippen LogP contribution in [-0.4, -0.2) is 28.6 Å². The van der Waals surface area contributed by atoms with Crippen LogP contribution in [0.3, 0.4) is 0 Å². The summed E-state index contributed by atoms with van der Waals surface area (Å²) < 4.78 is 11.9. The third-order valence-electron chi connectivity index (χ3n) is 7.29. The number of benzene rings is 5. The molecule has 1 heterocycles. The summed E-state index contributed by atoms with van der Waals surface area (Å²) in [5.74, 6) is 1.50. The second kappa shape index (κ2) is 13.6. The molecule has 1 amide bonds. The van der Waals surface area contributed by atoms with Crippen LogP contribution in [0, 0.1) is 0 Å². The maximum Gasteiger partial charge on any atom is 0.258 e. The minimum absolute atomic E-state index is 0.0515. The summed E-state index contributed by atoms with van der Waals surface area (Å²) in [6, 6.07) is 46.0. The molecule has 1 atom stereocenters. The van der Waals surface area contributed by atoms with Gasteiger partial charge in [0.2, 0.25) is 0 Å². The topological polar surface area (TPSA) is 54.4 Å². The lowest BCUT2D eigenvalue weighted by atomic mass is 10.1. The number of hydrogen-bond donors (Lipinski definition) is 0. The zero-order valence-electron chi connectivity index (χ0n) is 23.8. The van der Waals surface area contributed by atoms with Gasteiger partial charge in [-0.05, 0) is 64.2 Å². The zero-order chi connectivity index (χ0) is 29.3. The van der Waals surface area contributed by atoms with Crippen LogP contribution >= 0.6 is 0 Å². The van der Waals surface area contributed by atoms with Gasteiger partial charge in [-0.15, -0.1) is 0 Å². The van der Waals surface area contributed by atoms with Gasteiger partial charge in [0.05, 0.1) is 12.8 Å². The molecular weight excluding hydrogens is 534 g/mol. The van der Waals surface area contributed by atoms with Crippen LogP contribution in [0.1, 0.15) is 34.0 Å². The van der Waals surface area contributed by atoms with E-state index in [1.54, 1.807) is 11.2 Å². The summed E-state index contributed by atoms with van der Waals surface area (Å²) in [6.07, 6.45) is 1.38. The predicted octanol–water partition coefficient (Wildman–Crippen LogP) is 7.22. The molecule has 6 rings (SSSR count). The lowest BCUT2D eigenvalue weighted by Gasteiger charge is -2.27. The molecule has 6 heteroatoms. The summed E-state index contributed by atoms with van der Waals surface area (Å²) in [4.78, 5) is 15.5. The Morgan fingerprint density at radius 3 is 1.65 bits per heavy atom. The van der Waals surface area contributed by atoms with Crippen LogP contribution in [0.4, 0.5) is 0 Å². The van der Waals surface area contributed by atoms with Gasteiger partial charge in [0.15, 0.2) is 0 Å². The number of ether oxygens (including phenoxy) is 2. The Hall–Kier alpha value is -5.20. The standard InChI is InChI=1S/C37H33N3O3/c41-36-26-39(25-30-10-4-1-5-11-30)37(33-18-22-35(23-19-33)43-28-32-14-8-3-9-15-32)40(36)38-24-29-16-20-34(21-17-29)42-27-31-12-6-2-7-13-31/h1-24,37H,25-28H2/b38-24-/t37-/m0/s1. The fourth-order valence-electron chi connectivity index (χ4n) is 5.06. The van der Waals surface area contributed by atoms with Crippen molar-refractivity contribution in [2.45, 2.75) is 25.9 Å². The number of hydrogen-bond acceptors (Lipinski definition) is 5. The molecule has 0 aromatic heterocycles. The summed E-state index contributed by atoms with van der Waals surface area (Å²) in [5.41, 5.74) is 5.21. The second-order valence-corrected chi connectivity index (χ2v) is 10.4. The predicted molar refractivity (Wildman–Crippen MR) is 168 cm³/mol. The molecule has 0 radical (unpaired) electrons. The molecule has 0 unspecified atom stereocenters. The van der Waals surface area contributed by atoms with E-state index in [-0.39, 0.29) is 18.6 Å². The lowest BCUT2D eigenvalue weighted by molar-refractivity contribution is -0.128. The van der Waals surface area contributed by atoms with Gasteiger partial charge in [0, 0.05) is 6.54 Å². The average Bonchev–Trinajstić information content (AvgIpc) is 3.37. The summed E-state index contributed by atoms with van der Waals surface area (Å²) in [6.45, 7) is 1.90. The van der Waals surface area contributed by atoms with E-state index in [4.69, 9.17) is 14.6 Å². The van der Waals surface area contributed by atoms with Crippen molar-refractivity contribution in [1.29, 1.82) is 0 Å². The van der Waals surface area contributed by atoms with E-state index in [9.17, 15) is 4.79 Å². The van der Waals surface area contributed by atoms with Gasteiger partial charge in [-0.3, -0.25) is 9.69 Å². The van der Waals surface area contributed by atoms with Crippen molar-refractivity contribution in [3.8, 4) is 11.5 Å². The fraction of sp³-hybridized carbons (Fsp3) is 0.135. The normalized spacial score (nSPS) is 15.2. The average molecular weight is 568 g/mol. The van der Waals surface area contributed by atoms with Crippen molar-refractivity contribution < 1.29 is 14.3 Å². The van der Waals surface area contributed by atoms with Crippen LogP contribution in [-0.2, 0) is 24.6 Å². The minimum atomic E-state index is -0.347. The molecular formula is C37H33N3O3. The Labute approximate surface area is 252 Å². The molecule has 43 heavy (non-hydrogen) atoms. The van der Waals surface area contributed by atoms with Gasteiger partial charge in [-0.1, -0.05) is 103 Å². The van der Waals surface area contributed by atoms with Gasteiger partial charge in [-0.2, -0.15) is 5.10 Å². The van der Waals surface area contributed by atoms with Crippen LogP contribution in [0.25, 0.3) is 0 Å². The van der Waals surface area contributed by atoms with E-state index in [2.05, 4.69) is 17.0 Å². The molecule has 6 nitrogen and oxygen atoms in total. The van der Waals surface area contributed by atoms with Gasteiger partial charge < -0.3 is 9.47 Å². The maximum atomic E-state index is 13.3. The Bertz CT molecular complexity index is 1620. The number of hydrazone groups is 1. The van der Waals surface area contributed by atoms with E-state index in [1.165, 1.54) is 0 Å². The third-order valence-corrected chi connectivity index (χ3v) is 7.29. The van der Waals surface area contributed by atoms with Crippen molar-refractivity contribution in [3.63, 3.8) is 0 Å². The Balaban J connectivity index is 1.18. The van der Waals surface area contributed by atoms with E-state index >= 15 is 0 Å². The van der Waals surface area contributed by atoms with Crippen LogP contribution in [0.2, 0.25) is 0 Å². The highest BCUT2D eigenvalue weighted by molar-refractivity contribution is 5.84. The fourth-order valence-corrected chi connectivity index (χ4v) is 5.06. The van der Waals surface area contributed by atoms with Crippen LogP contribution < -0.4 is 9.47 Å². The number of nitrogens with zero attached hydrogens (tertiary/aromatic N) is 3. The number of rotatable bonds is 11. The molecule has 0 N–H and O–H groups in total. The van der Waals surface area contributed by atoms with Crippen molar-refractivity contribution in [3.05, 3.63) is 167 Å². The molecule has 1 aliphatic heterocycles. The molecule has 5 aromatic rings. The third kappa shape index (κ3) is 7.36. The minimum Gasteiger partial charge on any atom is -0.489 e. The smallest absolute Gasteiger partial charge is 0.258 e. The Morgan fingerprint density at radius 1 is 0.628 bits per heavy atom. The molecule has 214 valence electrons. The summed E-state index contributed by atoms with van der Waals surface area (Å²) >= 11 is 0. The maximum absolute atomic E-state index is 13.3. The second-order valence-electron chi connectivity index (χ2n) is 10.4. The van der Waals surface area contributed by atoms with Gasteiger partial charge in [-0.25, -0.2) is 5.01 Å². The SMILES string of the molecule is O=C1CN(Cc2ccccc2)[C@H](c2ccc(OCc3ccccc3)cc2)N1/N=C\c1ccc(OCc2ccccc2)cc1. The first kappa shape index (κ1) is 27.9. The van der Waals surface area contributed by atoms with Gasteiger partial charge >= 0.3 is 0 Å². The highest BCUT2D eigenvalue weighted by Gasteiger charge is 2.39. The Morgan fingerprint density at radius 2 is 1.12 bits per heavy atom. The molecule has 5 aromatic carbocycles. The quantitative estimate of drug-likeness (QED) is 0.158. The van der Waals surface area contributed by atoms with Crippen molar-refractivity contribution in [2.24, 2.45) is 5.10 Å². The van der Waals surface area contributed by atoms with Gasteiger partial charge in [0.1, 0.15) is 30.9 Å². The lowest BCUT2D eigenvalue weighted by Crippen LogP contribution is -2.28. The largest absolute Gasteiger partial charge is 0.489 e. The number of carbonyl (C=O) groups excluding carboxylic acids is 1. The Kier molecular flexibility index (Phi) is 8.87. The van der Waals surface area contributed by atoms with Crippen molar-refractivity contribution >= 4 is 12.1 Å². The highest BCUT2D eigenvalue weighted by atomic mass is 16.5. The molecule has 0 saturated carbocycles. The first-order chi connectivity index (χ1) is 21.2. The molecule has 1 fully saturated rings. The van der Waals surface area contributed by atoms with Crippen molar-refractivity contribution in [1.82, 2.24) is 9.91 Å². The number of carbonyl (C=O) groups is 1. The molecule has 0 spiro atoms. The summed E-state index contributed by atoms with van der Waals surface area (Å²) in [5, 5.41) is 6.28. The van der Waals surface area contributed by atoms with Crippen LogP contribution in [0.15, 0.2) is 145 Å². The van der Waals surface area contributed by atoms with Crippen LogP contribution in [0.5, 0.6) is 11.5 Å². The van der Waals surface area contributed by atoms with E-state index in [1.807, 2.05) is 127 Å². The van der Waals surface area contributed by atoms with Crippen molar-refractivity contribution in [2.75, 3.05) is 6.54 Å². The number of amides is 1. The van der Waals surface area contributed by atoms with Gasteiger partial charge in [0.25, 0.3) is 5.91 Å². The summed E-state index contributed by atoms with van der Waals surface area (Å²) in [7, 11) is 0. The van der Waals surface area contributed by atoms with E-state index in [0.29, 0.717) is 19.8 Å². The molecule has 0 bridgehead atoms. The first-order valence-electron chi connectivity index (χ1n) is 14.4. The highest BCUT2D eigenvalue weighted by Crippen LogP contribution is 2.33. The van der Waals surface area contributed by atoms with E-state index in [0.717, 1.165) is 39.3 Å².